The van der Waals surface area contributed by atoms with Gasteiger partial charge in [-0.15, -0.1) is 0 Å². The van der Waals surface area contributed by atoms with Crippen molar-refractivity contribution in [3.63, 3.8) is 0 Å². The Hall–Kier alpha value is -1.81. The molecular formula is C12H8O3S. The van der Waals surface area contributed by atoms with Gasteiger partial charge in [0.1, 0.15) is 0 Å². The normalized spacial score (nSPS) is 14.0. The first-order valence-electron chi connectivity index (χ1n) is 4.81. The summed E-state index contributed by atoms with van der Waals surface area (Å²) in [7, 11) is 0. The maximum atomic E-state index is 11.5. The summed E-state index contributed by atoms with van der Waals surface area (Å²) in [6, 6.07) is 14.9. The molecule has 4 heteroatoms. The van der Waals surface area contributed by atoms with Crippen LogP contribution in [0.3, 0.4) is 0 Å². The van der Waals surface area contributed by atoms with Crippen LogP contribution in [-0.4, -0.2) is 4.21 Å². The van der Waals surface area contributed by atoms with E-state index in [2.05, 4.69) is 0 Å². The van der Waals surface area contributed by atoms with Gasteiger partial charge in [0.25, 0.3) is 0 Å². The van der Waals surface area contributed by atoms with Crippen molar-refractivity contribution in [1.82, 2.24) is 0 Å². The summed E-state index contributed by atoms with van der Waals surface area (Å²) in [5.41, 5.74) is 1.79. The first-order chi connectivity index (χ1) is 7.84. The number of rotatable bonds is 0. The first kappa shape index (κ1) is 9.42. The quantitative estimate of drug-likeness (QED) is 0.700. The molecule has 0 unspecified atom stereocenters. The standard InChI is InChI=1S/C12H8O3S/c13-16-14-11-7-3-1-5-9(11)10-6-2-4-8-12(10)15-16/h1-8H. The van der Waals surface area contributed by atoms with Gasteiger partial charge in [-0.05, 0) is 12.1 Å². The largest absolute Gasteiger partial charge is 0.417 e. The molecule has 0 aromatic heterocycles. The van der Waals surface area contributed by atoms with Gasteiger partial charge in [0.15, 0.2) is 11.5 Å². The van der Waals surface area contributed by atoms with Crippen LogP contribution in [0.2, 0.25) is 0 Å². The summed E-state index contributed by atoms with van der Waals surface area (Å²) < 4.78 is 21.9. The van der Waals surface area contributed by atoms with E-state index in [9.17, 15) is 4.21 Å². The highest BCUT2D eigenvalue weighted by atomic mass is 32.2. The third-order valence-corrected chi connectivity index (χ3v) is 3.01. The maximum Gasteiger partial charge on any atom is 0.417 e. The van der Waals surface area contributed by atoms with Crippen LogP contribution >= 0.6 is 0 Å². The van der Waals surface area contributed by atoms with Crippen molar-refractivity contribution in [3.05, 3.63) is 48.5 Å². The van der Waals surface area contributed by atoms with E-state index < -0.39 is 11.4 Å². The number of hydrogen-bond acceptors (Lipinski definition) is 3. The smallest absolute Gasteiger partial charge is 0.370 e. The molecule has 0 spiro atoms. The molecule has 0 saturated heterocycles. The SMILES string of the molecule is O=S1Oc2ccccc2-c2ccccc2O1. The van der Waals surface area contributed by atoms with Gasteiger partial charge in [-0.25, -0.2) is 0 Å². The fraction of sp³-hybridized carbons (Fsp3) is 0. The Morgan fingerprint density at radius 3 is 1.69 bits per heavy atom. The molecule has 1 heterocycles. The van der Waals surface area contributed by atoms with Crippen LogP contribution in [0.1, 0.15) is 0 Å². The van der Waals surface area contributed by atoms with Crippen molar-refractivity contribution in [2.45, 2.75) is 0 Å². The molecule has 0 fully saturated rings. The molecule has 80 valence electrons. The van der Waals surface area contributed by atoms with Gasteiger partial charge < -0.3 is 8.37 Å². The Bertz CT molecular complexity index is 516. The maximum absolute atomic E-state index is 11.5. The van der Waals surface area contributed by atoms with Gasteiger partial charge in [0.2, 0.25) is 0 Å². The summed E-state index contributed by atoms with van der Waals surface area (Å²) in [5, 5.41) is 0. The highest BCUT2D eigenvalue weighted by molar-refractivity contribution is 7.76. The van der Waals surface area contributed by atoms with Gasteiger partial charge in [0, 0.05) is 11.1 Å². The van der Waals surface area contributed by atoms with Crippen molar-refractivity contribution in [3.8, 4) is 22.6 Å². The van der Waals surface area contributed by atoms with E-state index >= 15 is 0 Å². The minimum Gasteiger partial charge on any atom is -0.370 e. The van der Waals surface area contributed by atoms with Crippen LogP contribution in [-0.2, 0) is 11.4 Å². The lowest BCUT2D eigenvalue weighted by Crippen LogP contribution is -2.05. The van der Waals surface area contributed by atoms with E-state index in [4.69, 9.17) is 8.37 Å². The molecule has 3 nitrogen and oxygen atoms in total. The fourth-order valence-electron chi connectivity index (χ4n) is 1.69. The van der Waals surface area contributed by atoms with Gasteiger partial charge in [0.05, 0.1) is 0 Å². The molecule has 0 saturated carbocycles. The monoisotopic (exact) mass is 232 g/mol. The van der Waals surface area contributed by atoms with Crippen molar-refractivity contribution in [2.24, 2.45) is 0 Å². The minimum absolute atomic E-state index is 0.575. The van der Waals surface area contributed by atoms with Crippen molar-refractivity contribution in [2.75, 3.05) is 0 Å². The fourth-order valence-corrected chi connectivity index (χ4v) is 2.31. The zero-order chi connectivity index (χ0) is 11.0. The molecule has 0 aliphatic carbocycles. The lowest BCUT2D eigenvalue weighted by Gasteiger charge is -2.03. The van der Waals surface area contributed by atoms with Crippen molar-refractivity contribution >= 4 is 11.4 Å². The second-order valence-corrected chi connectivity index (χ2v) is 4.10. The Morgan fingerprint density at radius 2 is 1.19 bits per heavy atom. The molecule has 0 radical (unpaired) electrons. The van der Waals surface area contributed by atoms with Gasteiger partial charge in [-0.2, -0.15) is 4.21 Å². The van der Waals surface area contributed by atoms with E-state index in [-0.39, 0.29) is 0 Å². The highest BCUT2D eigenvalue weighted by Crippen LogP contribution is 2.39. The molecule has 2 aromatic rings. The number of benzene rings is 2. The number of fused-ring (bicyclic) bond motifs is 3. The van der Waals surface area contributed by atoms with Crippen LogP contribution in [0, 0.1) is 0 Å². The summed E-state index contributed by atoms with van der Waals surface area (Å²) in [5.74, 6) is 1.15. The van der Waals surface area contributed by atoms with E-state index in [1.807, 2.05) is 36.4 Å². The molecule has 0 N–H and O–H groups in total. The lowest BCUT2D eigenvalue weighted by atomic mass is 10.0. The molecular weight excluding hydrogens is 224 g/mol. The summed E-state index contributed by atoms with van der Waals surface area (Å²) >= 11 is -1.78. The Morgan fingerprint density at radius 1 is 0.750 bits per heavy atom. The van der Waals surface area contributed by atoms with Crippen LogP contribution < -0.4 is 8.37 Å². The zero-order valence-electron chi connectivity index (χ0n) is 8.25. The Labute approximate surface area is 95.5 Å². The van der Waals surface area contributed by atoms with Crippen LogP contribution in [0.5, 0.6) is 11.5 Å². The summed E-state index contributed by atoms with van der Waals surface area (Å²) in [4.78, 5) is 0. The van der Waals surface area contributed by atoms with E-state index in [0.717, 1.165) is 11.1 Å². The highest BCUT2D eigenvalue weighted by Gasteiger charge is 2.19. The lowest BCUT2D eigenvalue weighted by molar-refractivity contribution is 0.469. The molecule has 1 aliphatic rings. The predicted molar refractivity (Wildman–Crippen MR) is 61.3 cm³/mol. The molecule has 0 amide bonds. The third kappa shape index (κ3) is 1.47. The number of hydrogen-bond donors (Lipinski definition) is 0. The average Bonchev–Trinajstić information content (AvgIpc) is 2.44. The molecule has 2 aromatic carbocycles. The van der Waals surface area contributed by atoms with Crippen LogP contribution in [0.25, 0.3) is 11.1 Å². The zero-order valence-corrected chi connectivity index (χ0v) is 9.07. The summed E-state index contributed by atoms with van der Waals surface area (Å²) in [6.07, 6.45) is 0. The van der Waals surface area contributed by atoms with Gasteiger partial charge in [-0.1, -0.05) is 36.4 Å². The molecule has 0 bridgehead atoms. The van der Waals surface area contributed by atoms with E-state index in [1.54, 1.807) is 12.1 Å². The molecule has 16 heavy (non-hydrogen) atoms. The Balaban J connectivity index is 2.30. The van der Waals surface area contributed by atoms with Crippen molar-refractivity contribution < 1.29 is 12.6 Å². The summed E-state index contributed by atoms with van der Waals surface area (Å²) in [6.45, 7) is 0. The second kappa shape index (κ2) is 3.64. The number of para-hydroxylation sites is 2. The van der Waals surface area contributed by atoms with E-state index in [1.165, 1.54) is 0 Å². The van der Waals surface area contributed by atoms with E-state index in [0.29, 0.717) is 11.5 Å². The molecule has 0 atom stereocenters. The second-order valence-electron chi connectivity index (χ2n) is 3.36. The van der Waals surface area contributed by atoms with Crippen LogP contribution in [0.15, 0.2) is 48.5 Å². The minimum atomic E-state index is -1.78. The van der Waals surface area contributed by atoms with Crippen LogP contribution in [0.4, 0.5) is 0 Å². The molecule has 1 aliphatic heterocycles. The average molecular weight is 232 g/mol. The predicted octanol–water partition coefficient (Wildman–Crippen LogP) is 2.70. The van der Waals surface area contributed by atoms with Crippen molar-refractivity contribution in [1.29, 1.82) is 0 Å². The first-order valence-corrected chi connectivity index (χ1v) is 5.81. The Kier molecular flexibility index (Phi) is 2.15. The van der Waals surface area contributed by atoms with Gasteiger partial charge >= 0.3 is 11.4 Å². The van der Waals surface area contributed by atoms with Gasteiger partial charge in [-0.3, -0.25) is 0 Å². The topological polar surface area (TPSA) is 35.5 Å². The molecule has 3 rings (SSSR count). The third-order valence-electron chi connectivity index (χ3n) is 2.38.